The molecule has 1 fully saturated rings. The predicted octanol–water partition coefficient (Wildman–Crippen LogP) is 5.42. The van der Waals surface area contributed by atoms with Gasteiger partial charge < -0.3 is 9.42 Å². The molecular weight excluding hydrogens is 439 g/mol. The van der Waals surface area contributed by atoms with E-state index in [0.717, 1.165) is 17.7 Å². The van der Waals surface area contributed by atoms with E-state index in [9.17, 15) is 18.0 Å². The molecule has 2 heterocycles. The summed E-state index contributed by atoms with van der Waals surface area (Å²) < 4.78 is 44.0. The van der Waals surface area contributed by atoms with Crippen molar-refractivity contribution in [3.63, 3.8) is 0 Å². The number of carbonyl (C=O) groups excluding carboxylic acids is 1. The van der Waals surface area contributed by atoms with E-state index >= 15 is 0 Å². The van der Waals surface area contributed by atoms with Crippen LogP contribution in [-0.2, 0) is 17.4 Å². The second kappa shape index (κ2) is 8.97. The highest BCUT2D eigenvalue weighted by Gasteiger charge is 2.36. The van der Waals surface area contributed by atoms with Crippen LogP contribution in [0, 0.1) is 0 Å². The molecule has 5 nitrogen and oxygen atoms in total. The predicted molar refractivity (Wildman–Crippen MR) is 115 cm³/mol. The molecule has 0 atom stereocenters. The highest BCUT2D eigenvalue weighted by molar-refractivity contribution is 7.99. The number of thioether (sulfide) groups is 1. The maximum Gasteiger partial charge on any atom is 0.416 e. The Labute approximate surface area is 188 Å². The van der Waals surface area contributed by atoms with E-state index in [2.05, 4.69) is 24.0 Å². The number of amides is 1. The zero-order valence-corrected chi connectivity index (χ0v) is 18.4. The van der Waals surface area contributed by atoms with Gasteiger partial charge in [0.2, 0.25) is 17.6 Å². The summed E-state index contributed by atoms with van der Waals surface area (Å²) in [5, 5.41) is 4.32. The molecule has 0 radical (unpaired) electrons. The van der Waals surface area contributed by atoms with Gasteiger partial charge in [-0.25, -0.2) is 0 Å². The van der Waals surface area contributed by atoms with Crippen LogP contribution >= 0.6 is 11.8 Å². The third kappa shape index (κ3) is 5.15. The molecule has 3 aromatic rings. The van der Waals surface area contributed by atoms with Crippen molar-refractivity contribution in [3.8, 4) is 11.4 Å². The van der Waals surface area contributed by atoms with Crippen molar-refractivity contribution in [1.82, 2.24) is 15.0 Å². The van der Waals surface area contributed by atoms with Crippen molar-refractivity contribution < 1.29 is 22.5 Å². The Bertz CT molecular complexity index is 1090. The Balaban J connectivity index is 1.33. The van der Waals surface area contributed by atoms with Crippen LogP contribution in [0.2, 0.25) is 0 Å². The van der Waals surface area contributed by atoms with E-state index < -0.39 is 11.7 Å². The van der Waals surface area contributed by atoms with Gasteiger partial charge in [0.25, 0.3) is 0 Å². The normalized spacial score (nSPS) is 14.6. The molecule has 0 aliphatic carbocycles. The minimum Gasteiger partial charge on any atom is -0.341 e. The van der Waals surface area contributed by atoms with E-state index in [4.69, 9.17) is 4.52 Å². The number of aromatic nitrogens is 2. The van der Waals surface area contributed by atoms with Gasteiger partial charge in [-0.1, -0.05) is 43.3 Å². The van der Waals surface area contributed by atoms with Gasteiger partial charge in [0.05, 0.1) is 17.9 Å². The van der Waals surface area contributed by atoms with Gasteiger partial charge >= 0.3 is 6.18 Å². The summed E-state index contributed by atoms with van der Waals surface area (Å²) in [6.45, 7) is 5.16. The average Bonchev–Trinajstić information content (AvgIpc) is 3.17. The number of hydrogen-bond acceptors (Lipinski definition) is 5. The lowest BCUT2D eigenvalue weighted by molar-refractivity contribution is -0.137. The summed E-state index contributed by atoms with van der Waals surface area (Å²) in [5.74, 6) is 0.339. The Hall–Kier alpha value is -2.81. The molecule has 32 heavy (non-hydrogen) atoms. The fourth-order valence-corrected chi connectivity index (χ4v) is 4.27. The third-order valence-corrected chi connectivity index (χ3v) is 6.14. The summed E-state index contributed by atoms with van der Waals surface area (Å²) >= 11 is 1.77. The second-order valence-corrected chi connectivity index (χ2v) is 9.67. The molecule has 9 heteroatoms. The monoisotopic (exact) mass is 461 g/mol. The smallest absolute Gasteiger partial charge is 0.341 e. The molecule has 0 N–H and O–H groups in total. The largest absolute Gasteiger partial charge is 0.416 e. The summed E-state index contributed by atoms with van der Waals surface area (Å²) in [6, 6.07) is 12.8. The molecule has 1 aliphatic heterocycles. The van der Waals surface area contributed by atoms with Gasteiger partial charge in [-0.2, -0.15) is 18.2 Å². The molecule has 1 aliphatic rings. The van der Waals surface area contributed by atoms with Crippen LogP contribution in [0.5, 0.6) is 0 Å². The van der Waals surface area contributed by atoms with Crippen molar-refractivity contribution in [1.29, 1.82) is 0 Å². The molecule has 0 saturated carbocycles. The first kappa shape index (κ1) is 22.4. The maximum absolute atomic E-state index is 12.9. The van der Waals surface area contributed by atoms with Gasteiger partial charge in [0.15, 0.2) is 0 Å². The van der Waals surface area contributed by atoms with Crippen molar-refractivity contribution >= 4 is 17.7 Å². The number of halogens is 3. The topological polar surface area (TPSA) is 59.2 Å². The summed E-state index contributed by atoms with van der Waals surface area (Å²) in [6.07, 6.45) is -4.12. The number of rotatable bonds is 6. The van der Waals surface area contributed by atoms with Gasteiger partial charge in [-0.15, -0.1) is 11.8 Å². The molecule has 2 aromatic carbocycles. The number of benzene rings is 2. The van der Waals surface area contributed by atoms with E-state index in [1.165, 1.54) is 17.0 Å². The van der Waals surface area contributed by atoms with E-state index in [-0.39, 0.29) is 23.2 Å². The van der Waals surface area contributed by atoms with Crippen LogP contribution in [0.25, 0.3) is 11.4 Å². The fraction of sp³-hybridized carbons (Fsp3) is 0.348. The maximum atomic E-state index is 12.9. The quantitative estimate of drug-likeness (QED) is 0.459. The van der Waals surface area contributed by atoms with Crippen molar-refractivity contribution in [2.24, 2.45) is 0 Å². The molecular formula is C23H22F3N3O2S. The van der Waals surface area contributed by atoms with Gasteiger partial charge in [-0.05, 0) is 29.8 Å². The number of alkyl halides is 3. The molecule has 1 saturated heterocycles. The van der Waals surface area contributed by atoms with Crippen LogP contribution in [0.3, 0.4) is 0 Å². The minimum absolute atomic E-state index is 0.0168. The number of likely N-dealkylation sites (tertiary alicyclic amines) is 1. The molecule has 1 amide bonds. The molecule has 0 unspecified atom stereocenters. The SMILES string of the molecule is CC(C)Sc1ccc(CC(=O)N2CC(c3nc(-c4cccc(C(F)(F)F)c4)no3)C2)cc1. The van der Waals surface area contributed by atoms with Crippen molar-refractivity contribution in [2.75, 3.05) is 13.1 Å². The first-order valence-electron chi connectivity index (χ1n) is 10.2. The molecule has 4 rings (SSSR count). The van der Waals surface area contributed by atoms with E-state index in [1.54, 1.807) is 16.7 Å². The van der Waals surface area contributed by atoms with Gasteiger partial charge in [-0.3, -0.25) is 4.79 Å². The summed E-state index contributed by atoms with van der Waals surface area (Å²) in [7, 11) is 0. The molecule has 168 valence electrons. The number of nitrogens with zero attached hydrogens (tertiary/aromatic N) is 3. The van der Waals surface area contributed by atoms with Crippen molar-refractivity contribution in [3.05, 3.63) is 65.5 Å². The van der Waals surface area contributed by atoms with E-state index in [0.29, 0.717) is 30.7 Å². The van der Waals surface area contributed by atoms with Crippen molar-refractivity contribution in [2.45, 2.75) is 42.5 Å². The Morgan fingerprint density at radius 2 is 1.91 bits per heavy atom. The minimum atomic E-state index is -4.44. The van der Waals surface area contributed by atoms with Crippen LogP contribution in [0.15, 0.2) is 57.9 Å². The van der Waals surface area contributed by atoms with Gasteiger partial charge in [0, 0.05) is 28.8 Å². The highest BCUT2D eigenvalue weighted by Crippen LogP contribution is 2.33. The van der Waals surface area contributed by atoms with E-state index in [1.807, 2.05) is 24.3 Å². The number of carbonyl (C=O) groups is 1. The Morgan fingerprint density at radius 1 is 1.19 bits per heavy atom. The summed E-state index contributed by atoms with van der Waals surface area (Å²) in [5.41, 5.74) is 0.426. The van der Waals surface area contributed by atoms with Crippen LogP contribution in [0.4, 0.5) is 13.2 Å². The lowest BCUT2D eigenvalue weighted by Crippen LogP contribution is -2.49. The average molecular weight is 462 g/mol. The van der Waals surface area contributed by atoms with Gasteiger partial charge in [0.1, 0.15) is 0 Å². The second-order valence-electron chi connectivity index (χ2n) is 8.02. The van der Waals surface area contributed by atoms with Crippen LogP contribution in [0.1, 0.15) is 36.8 Å². The molecule has 0 spiro atoms. The Kier molecular flexibility index (Phi) is 6.28. The van der Waals surface area contributed by atoms with Crippen LogP contribution in [-0.4, -0.2) is 39.3 Å². The fourth-order valence-electron chi connectivity index (χ4n) is 3.44. The lowest BCUT2D eigenvalue weighted by atomic mass is 9.98. The molecule has 0 bridgehead atoms. The highest BCUT2D eigenvalue weighted by atomic mass is 32.2. The zero-order chi connectivity index (χ0) is 22.9. The first-order valence-corrected chi connectivity index (χ1v) is 11.1. The third-order valence-electron chi connectivity index (χ3n) is 5.12. The molecule has 1 aromatic heterocycles. The standard InChI is InChI=1S/C23H22F3N3O2S/c1-14(2)32-19-8-6-15(7-9-19)10-20(30)29-12-17(13-29)22-27-21(28-31-22)16-4-3-5-18(11-16)23(24,25)26/h3-9,11,14,17H,10,12-13H2,1-2H3. The number of hydrogen-bond donors (Lipinski definition) is 0. The Morgan fingerprint density at radius 3 is 2.56 bits per heavy atom. The lowest BCUT2D eigenvalue weighted by Gasteiger charge is -2.37. The van der Waals surface area contributed by atoms with Crippen LogP contribution < -0.4 is 0 Å². The summed E-state index contributed by atoms with van der Waals surface area (Å²) in [4.78, 5) is 19.7. The first-order chi connectivity index (χ1) is 15.2. The zero-order valence-electron chi connectivity index (χ0n) is 17.6.